The van der Waals surface area contributed by atoms with Crippen molar-refractivity contribution in [1.82, 2.24) is 34.8 Å². The Hall–Kier alpha value is -6.25. The van der Waals surface area contributed by atoms with Gasteiger partial charge >= 0.3 is 0 Å². The number of imidazole rings is 1. The van der Waals surface area contributed by atoms with Crippen LogP contribution in [0.2, 0.25) is 0 Å². The zero-order valence-corrected chi connectivity index (χ0v) is 26.7. The van der Waals surface area contributed by atoms with Gasteiger partial charge in [-0.05, 0) is 76.9 Å². The van der Waals surface area contributed by atoms with Crippen LogP contribution in [-0.4, -0.2) is 55.7 Å². The number of hydrogen-bond donors (Lipinski definition) is 3. The number of hydrogen-bond acceptors (Lipinski definition) is 5. The Morgan fingerprint density at radius 2 is 1.37 bits per heavy atom. The van der Waals surface area contributed by atoms with Crippen molar-refractivity contribution in [2.75, 3.05) is 31.1 Å². The summed E-state index contributed by atoms with van der Waals surface area (Å²) in [7, 11) is 0. The summed E-state index contributed by atoms with van der Waals surface area (Å²) >= 11 is 0. The third kappa shape index (κ3) is 4.68. The van der Waals surface area contributed by atoms with Crippen molar-refractivity contribution in [1.29, 1.82) is 0 Å². The Labute approximate surface area is 282 Å². The van der Waals surface area contributed by atoms with E-state index in [1.54, 1.807) is 6.20 Å². The van der Waals surface area contributed by atoms with Gasteiger partial charge in [-0.15, -0.1) is 0 Å². The lowest BCUT2D eigenvalue weighted by Gasteiger charge is -2.29. The van der Waals surface area contributed by atoms with Gasteiger partial charge in [-0.25, -0.2) is 15.0 Å². The van der Waals surface area contributed by atoms with Crippen LogP contribution >= 0.6 is 0 Å². The van der Waals surface area contributed by atoms with E-state index in [0.29, 0.717) is 0 Å². The average Bonchev–Trinajstić information content (AvgIpc) is 3.92. The molecule has 8 nitrogen and oxygen atoms in total. The molecule has 8 heteroatoms. The molecule has 1 fully saturated rings. The first kappa shape index (κ1) is 27.8. The quantitative estimate of drug-likeness (QED) is 0.177. The first-order valence-electron chi connectivity index (χ1n) is 16.7. The lowest BCUT2D eigenvalue weighted by atomic mass is 9.96. The number of piperazine rings is 1. The molecule has 0 atom stereocenters. The summed E-state index contributed by atoms with van der Waals surface area (Å²) in [6.07, 6.45) is 7.47. The van der Waals surface area contributed by atoms with Gasteiger partial charge in [-0.2, -0.15) is 0 Å². The Bertz CT molecular complexity index is 2660. The summed E-state index contributed by atoms with van der Waals surface area (Å²) in [5.41, 5.74) is 12.8. The molecule has 0 bridgehead atoms. The molecular formula is C41H32N8. The number of para-hydroxylation sites is 1. The Balaban J connectivity index is 1.16. The lowest BCUT2D eigenvalue weighted by Crippen LogP contribution is -2.43. The number of anilines is 1. The van der Waals surface area contributed by atoms with E-state index in [1.165, 1.54) is 22.2 Å². The summed E-state index contributed by atoms with van der Waals surface area (Å²) < 4.78 is 2.03. The Kier molecular flexibility index (Phi) is 6.35. The van der Waals surface area contributed by atoms with Gasteiger partial charge in [0, 0.05) is 94.3 Å². The second-order valence-electron chi connectivity index (χ2n) is 12.7. The first-order chi connectivity index (χ1) is 24.3. The molecule has 0 amide bonds. The van der Waals surface area contributed by atoms with Crippen LogP contribution in [0.25, 0.3) is 83.1 Å². The van der Waals surface area contributed by atoms with Crippen LogP contribution in [0.4, 0.5) is 5.69 Å². The molecule has 0 radical (unpaired) electrons. The van der Waals surface area contributed by atoms with Gasteiger partial charge in [-0.1, -0.05) is 48.5 Å². The van der Waals surface area contributed by atoms with Crippen LogP contribution in [0.15, 0.2) is 128 Å². The number of rotatable bonds is 5. The third-order valence-corrected chi connectivity index (χ3v) is 9.86. The van der Waals surface area contributed by atoms with E-state index in [1.807, 2.05) is 23.3 Å². The van der Waals surface area contributed by atoms with Crippen LogP contribution in [0.3, 0.4) is 0 Å². The smallest absolute Gasteiger partial charge is 0.139 e. The molecule has 6 heterocycles. The fourth-order valence-electron chi connectivity index (χ4n) is 7.48. The number of benzene rings is 4. The Morgan fingerprint density at radius 1 is 0.592 bits per heavy atom. The minimum atomic E-state index is 0.863. The van der Waals surface area contributed by atoms with Crippen LogP contribution in [-0.2, 0) is 0 Å². The minimum absolute atomic E-state index is 0.863. The Morgan fingerprint density at radius 3 is 2.24 bits per heavy atom. The van der Waals surface area contributed by atoms with E-state index in [9.17, 15) is 0 Å². The highest BCUT2D eigenvalue weighted by molar-refractivity contribution is 6.15. The number of H-pyrrole nitrogens is 2. The van der Waals surface area contributed by atoms with Gasteiger partial charge in [0.2, 0.25) is 0 Å². The molecule has 0 aliphatic carbocycles. The van der Waals surface area contributed by atoms with Gasteiger partial charge < -0.3 is 24.8 Å². The first-order valence-corrected chi connectivity index (χ1v) is 16.7. The van der Waals surface area contributed by atoms with E-state index in [-0.39, 0.29) is 0 Å². The topological polar surface area (TPSA) is 90.5 Å². The van der Waals surface area contributed by atoms with E-state index in [2.05, 4.69) is 128 Å². The molecule has 4 aromatic carbocycles. The predicted octanol–water partition coefficient (Wildman–Crippen LogP) is 8.34. The van der Waals surface area contributed by atoms with Gasteiger partial charge in [0.15, 0.2) is 0 Å². The zero-order valence-electron chi connectivity index (χ0n) is 26.7. The molecule has 49 heavy (non-hydrogen) atoms. The van der Waals surface area contributed by atoms with Crippen LogP contribution in [0.5, 0.6) is 0 Å². The standard InChI is InChI=1S/C41H32N8/c1-2-10-35-32(9-1)39-33(27-6-4-7-29(22-27)48-18-15-42-16-19-48)24-37(47-41(39)46-35)28-11-12-36-34(23-28)38-31(13-14-44-40(38)45-36)26-5-3-8-30(21-26)49-20-17-43-25-49/h1-14,17,20-25,42H,15-16,18-19H2,(H,44,45)(H,46,47). The van der Waals surface area contributed by atoms with E-state index in [0.717, 1.165) is 92.7 Å². The van der Waals surface area contributed by atoms with Crippen molar-refractivity contribution < 1.29 is 0 Å². The maximum absolute atomic E-state index is 5.26. The van der Waals surface area contributed by atoms with Gasteiger partial charge in [0.05, 0.1) is 12.0 Å². The monoisotopic (exact) mass is 636 g/mol. The van der Waals surface area contributed by atoms with Crippen molar-refractivity contribution in [2.45, 2.75) is 0 Å². The molecule has 0 spiro atoms. The molecule has 1 aliphatic heterocycles. The molecule has 9 aromatic rings. The third-order valence-electron chi connectivity index (χ3n) is 9.86. The maximum atomic E-state index is 5.26. The molecular weight excluding hydrogens is 605 g/mol. The number of fused-ring (bicyclic) bond motifs is 6. The van der Waals surface area contributed by atoms with E-state index in [4.69, 9.17) is 9.97 Å². The fourth-order valence-corrected chi connectivity index (χ4v) is 7.48. The van der Waals surface area contributed by atoms with Gasteiger partial charge in [-0.3, -0.25) is 0 Å². The van der Waals surface area contributed by atoms with Crippen molar-refractivity contribution in [3.05, 3.63) is 128 Å². The lowest BCUT2D eigenvalue weighted by molar-refractivity contribution is 0.589. The molecule has 0 saturated carbocycles. The summed E-state index contributed by atoms with van der Waals surface area (Å²) in [5.74, 6) is 0. The number of nitrogens with one attached hydrogen (secondary N) is 3. The van der Waals surface area contributed by atoms with Crippen molar-refractivity contribution in [3.63, 3.8) is 0 Å². The largest absolute Gasteiger partial charge is 0.369 e. The molecule has 1 saturated heterocycles. The van der Waals surface area contributed by atoms with Crippen molar-refractivity contribution >= 4 is 49.6 Å². The molecule has 10 rings (SSSR count). The van der Waals surface area contributed by atoms with Crippen LogP contribution in [0, 0.1) is 0 Å². The van der Waals surface area contributed by atoms with Crippen LogP contribution in [0.1, 0.15) is 0 Å². The van der Waals surface area contributed by atoms with Gasteiger partial charge in [0.1, 0.15) is 11.3 Å². The number of aromatic amines is 2. The van der Waals surface area contributed by atoms with Crippen molar-refractivity contribution in [3.8, 4) is 39.2 Å². The maximum Gasteiger partial charge on any atom is 0.139 e. The van der Waals surface area contributed by atoms with Gasteiger partial charge in [0.25, 0.3) is 0 Å². The highest BCUT2D eigenvalue weighted by atomic mass is 15.2. The fraction of sp³-hybridized carbons (Fsp3) is 0.0976. The summed E-state index contributed by atoms with van der Waals surface area (Å²) in [5, 5.41) is 8.01. The van der Waals surface area contributed by atoms with Crippen LogP contribution < -0.4 is 10.2 Å². The highest BCUT2D eigenvalue weighted by Gasteiger charge is 2.18. The molecule has 3 N–H and O–H groups in total. The zero-order chi connectivity index (χ0) is 32.3. The van der Waals surface area contributed by atoms with E-state index < -0.39 is 0 Å². The van der Waals surface area contributed by atoms with Crippen molar-refractivity contribution in [2.24, 2.45) is 0 Å². The second-order valence-corrected chi connectivity index (χ2v) is 12.7. The SMILES string of the molecule is c1cc(-c2cc(-c3ccc4[nH]c5nccc(-c6cccc(-n7ccnc7)c6)c5c4c3)nc3[nH]c4ccccc4c23)cc(N2CCNCC2)c1. The number of aromatic nitrogens is 6. The summed E-state index contributed by atoms with van der Waals surface area (Å²) in [4.78, 5) is 23.9. The molecule has 0 unspecified atom stereocenters. The molecule has 5 aromatic heterocycles. The predicted molar refractivity (Wildman–Crippen MR) is 199 cm³/mol. The average molecular weight is 637 g/mol. The number of pyridine rings is 2. The molecule has 236 valence electrons. The highest BCUT2D eigenvalue weighted by Crippen LogP contribution is 2.40. The number of nitrogens with zero attached hydrogens (tertiary/aromatic N) is 5. The van der Waals surface area contributed by atoms with E-state index >= 15 is 0 Å². The minimum Gasteiger partial charge on any atom is -0.369 e. The summed E-state index contributed by atoms with van der Waals surface area (Å²) in [6.45, 7) is 4.01. The summed E-state index contributed by atoms with van der Waals surface area (Å²) in [6, 6.07) is 37.0. The normalized spacial score (nSPS) is 13.7. The molecule has 1 aliphatic rings. The second kappa shape index (κ2) is 11.2.